The first-order valence-electron chi connectivity index (χ1n) is 5.24. The third-order valence-corrected chi connectivity index (χ3v) is 2.73. The standard InChI is InChI=1S/C12H6ClF3N2O2/c13-7-4-6(14)5-9(16)11(7)17-10-3-1-2-8(15)12(10)18(19)20/h1-5,17H. The minimum atomic E-state index is -1.08. The summed E-state index contributed by atoms with van der Waals surface area (Å²) in [5.74, 6) is -3.03. The fourth-order valence-electron chi connectivity index (χ4n) is 1.60. The molecular formula is C12H6ClF3N2O2. The van der Waals surface area contributed by atoms with E-state index in [9.17, 15) is 23.3 Å². The second kappa shape index (κ2) is 5.38. The van der Waals surface area contributed by atoms with Crippen molar-refractivity contribution in [2.24, 2.45) is 0 Å². The van der Waals surface area contributed by atoms with Gasteiger partial charge in [0.15, 0.2) is 5.82 Å². The molecule has 2 rings (SSSR count). The second-order valence-corrected chi connectivity index (χ2v) is 4.17. The highest BCUT2D eigenvalue weighted by Gasteiger charge is 2.21. The van der Waals surface area contributed by atoms with Gasteiger partial charge in [0.05, 0.1) is 15.6 Å². The first-order chi connectivity index (χ1) is 9.40. The lowest BCUT2D eigenvalue weighted by molar-refractivity contribution is -0.386. The van der Waals surface area contributed by atoms with Crippen LogP contribution < -0.4 is 5.32 Å². The highest BCUT2D eigenvalue weighted by atomic mass is 35.5. The SMILES string of the molecule is O=[N+]([O-])c1c(F)cccc1Nc1c(F)cc(F)cc1Cl. The Morgan fingerprint density at radius 1 is 1.15 bits per heavy atom. The van der Waals surface area contributed by atoms with Crippen molar-refractivity contribution < 1.29 is 18.1 Å². The third kappa shape index (κ3) is 2.67. The van der Waals surface area contributed by atoms with E-state index < -0.39 is 28.1 Å². The number of nitrogens with one attached hydrogen (secondary N) is 1. The van der Waals surface area contributed by atoms with Crippen molar-refractivity contribution in [3.8, 4) is 0 Å². The van der Waals surface area contributed by atoms with Crippen molar-refractivity contribution in [1.29, 1.82) is 0 Å². The van der Waals surface area contributed by atoms with Gasteiger partial charge in [-0.05, 0) is 18.2 Å². The maximum absolute atomic E-state index is 13.6. The van der Waals surface area contributed by atoms with Crippen LogP contribution in [0, 0.1) is 27.6 Å². The van der Waals surface area contributed by atoms with Crippen LogP contribution in [0.25, 0.3) is 0 Å². The molecule has 0 amide bonds. The molecule has 0 aliphatic heterocycles. The average Bonchev–Trinajstić information content (AvgIpc) is 2.33. The summed E-state index contributed by atoms with van der Waals surface area (Å²) in [7, 11) is 0. The summed E-state index contributed by atoms with van der Waals surface area (Å²) in [5, 5.41) is 12.8. The maximum atomic E-state index is 13.6. The summed E-state index contributed by atoms with van der Waals surface area (Å²) in [4.78, 5) is 9.84. The molecule has 0 saturated heterocycles. The maximum Gasteiger partial charge on any atom is 0.327 e. The van der Waals surface area contributed by atoms with E-state index in [-0.39, 0.29) is 16.4 Å². The highest BCUT2D eigenvalue weighted by Crippen LogP contribution is 2.34. The Morgan fingerprint density at radius 2 is 1.85 bits per heavy atom. The van der Waals surface area contributed by atoms with Gasteiger partial charge >= 0.3 is 5.69 Å². The Morgan fingerprint density at radius 3 is 2.45 bits per heavy atom. The van der Waals surface area contributed by atoms with Crippen molar-refractivity contribution in [1.82, 2.24) is 0 Å². The van der Waals surface area contributed by atoms with E-state index in [2.05, 4.69) is 5.32 Å². The Labute approximate surface area is 115 Å². The zero-order valence-electron chi connectivity index (χ0n) is 9.66. The third-order valence-electron chi connectivity index (χ3n) is 2.44. The lowest BCUT2D eigenvalue weighted by Gasteiger charge is -2.10. The predicted molar refractivity (Wildman–Crippen MR) is 67.7 cm³/mol. The number of benzene rings is 2. The summed E-state index contributed by atoms with van der Waals surface area (Å²) in [6, 6.07) is 4.67. The fourth-order valence-corrected chi connectivity index (χ4v) is 1.84. The summed E-state index contributed by atoms with van der Waals surface area (Å²) in [6.45, 7) is 0. The molecule has 0 saturated carbocycles. The van der Waals surface area contributed by atoms with Crippen LogP contribution in [0.2, 0.25) is 5.02 Å². The van der Waals surface area contributed by atoms with E-state index in [0.29, 0.717) is 6.07 Å². The van der Waals surface area contributed by atoms with Gasteiger partial charge < -0.3 is 5.32 Å². The quantitative estimate of drug-likeness (QED) is 0.675. The van der Waals surface area contributed by atoms with Crippen LogP contribution in [0.1, 0.15) is 0 Å². The molecule has 0 aromatic heterocycles. The van der Waals surface area contributed by atoms with Gasteiger partial charge in [-0.2, -0.15) is 4.39 Å². The fraction of sp³-hybridized carbons (Fsp3) is 0. The van der Waals surface area contributed by atoms with Crippen molar-refractivity contribution in [2.75, 3.05) is 5.32 Å². The summed E-state index contributed by atoms with van der Waals surface area (Å²) in [5.41, 5.74) is -1.52. The molecule has 4 nitrogen and oxygen atoms in total. The minimum absolute atomic E-state index is 0.289. The van der Waals surface area contributed by atoms with Crippen molar-refractivity contribution in [3.63, 3.8) is 0 Å². The second-order valence-electron chi connectivity index (χ2n) is 3.76. The monoisotopic (exact) mass is 302 g/mol. The number of nitrogens with zero attached hydrogens (tertiary/aromatic N) is 1. The van der Waals surface area contributed by atoms with E-state index in [1.54, 1.807) is 0 Å². The average molecular weight is 303 g/mol. The predicted octanol–water partition coefficient (Wildman–Crippen LogP) is 4.41. The van der Waals surface area contributed by atoms with E-state index in [1.807, 2.05) is 0 Å². The van der Waals surface area contributed by atoms with Crippen LogP contribution in [0.3, 0.4) is 0 Å². The van der Waals surface area contributed by atoms with Gasteiger partial charge in [0.1, 0.15) is 11.5 Å². The van der Waals surface area contributed by atoms with Crippen molar-refractivity contribution in [2.45, 2.75) is 0 Å². The summed E-state index contributed by atoms with van der Waals surface area (Å²) < 4.78 is 39.9. The van der Waals surface area contributed by atoms with E-state index in [1.165, 1.54) is 12.1 Å². The van der Waals surface area contributed by atoms with Gasteiger partial charge in [0.2, 0.25) is 5.82 Å². The summed E-state index contributed by atoms with van der Waals surface area (Å²) in [6.07, 6.45) is 0. The van der Waals surface area contributed by atoms with E-state index >= 15 is 0 Å². The smallest absolute Gasteiger partial charge is 0.327 e. The molecule has 2 aromatic rings. The van der Waals surface area contributed by atoms with E-state index in [4.69, 9.17) is 11.6 Å². The Hall–Kier alpha value is -2.28. The lowest BCUT2D eigenvalue weighted by atomic mass is 10.2. The topological polar surface area (TPSA) is 55.2 Å². The van der Waals surface area contributed by atoms with Crippen LogP contribution in [0.4, 0.5) is 30.2 Å². The normalized spacial score (nSPS) is 10.4. The van der Waals surface area contributed by atoms with Crippen molar-refractivity contribution >= 4 is 28.7 Å². The van der Waals surface area contributed by atoms with Crippen molar-refractivity contribution in [3.05, 3.63) is 62.9 Å². The minimum Gasteiger partial charge on any atom is -0.346 e. The Bertz CT molecular complexity index is 671. The summed E-state index contributed by atoms with van der Waals surface area (Å²) >= 11 is 5.65. The van der Waals surface area contributed by atoms with Crippen LogP contribution in [0.5, 0.6) is 0 Å². The molecule has 8 heteroatoms. The van der Waals surface area contributed by atoms with Gasteiger partial charge in [0.25, 0.3) is 0 Å². The molecule has 0 bridgehead atoms. The molecule has 1 N–H and O–H groups in total. The number of hydrogen-bond donors (Lipinski definition) is 1. The molecule has 0 unspecified atom stereocenters. The number of anilines is 2. The number of nitro benzene ring substituents is 1. The lowest BCUT2D eigenvalue weighted by Crippen LogP contribution is -2.01. The van der Waals surface area contributed by atoms with Crippen LogP contribution in [0.15, 0.2) is 30.3 Å². The molecule has 0 aliphatic rings. The molecule has 0 aliphatic carbocycles. The van der Waals surface area contributed by atoms with Gasteiger partial charge in [-0.25, -0.2) is 8.78 Å². The highest BCUT2D eigenvalue weighted by molar-refractivity contribution is 6.33. The van der Waals surface area contributed by atoms with Gasteiger partial charge in [-0.3, -0.25) is 10.1 Å². The van der Waals surface area contributed by atoms with Gasteiger partial charge in [0, 0.05) is 6.07 Å². The van der Waals surface area contributed by atoms with Gasteiger partial charge in [-0.15, -0.1) is 0 Å². The number of rotatable bonds is 3. The molecular weight excluding hydrogens is 297 g/mol. The molecule has 0 heterocycles. The number of para-hydroxylation sites is 1. The first-order valence-corrected chi connectivity index (χ1v) is 5.62. The van der Waals surface area contributed by atoms with E-state index in [0.717, 1.165) is 12.1 Å². The molecule has 0 atom stereocenters. The Balaban J connectivity index is 2.51. The number of nitro groups is 1. The van der Waals surface area contributed by atoms with Crippen LogP contribution in [-0.2, 0) is 0 Å². The zero-order valence-corrected chi connectivity index (χ0v) is 10.4. The molecule has 104 valence electrons. The van der Waals surface area contributed by atoms with Crippen LogP contribution in [-0.4, -0.2) is 4.92 Å². The molecule has 0 radical (unpaired) electrons. The largest absolute Gasteiger partial charge is 0.346 e. The molecule has 2 aromatic carbocycles. The number of hydrogen-bond acceptors (Lipinski definition) is 3. The van der Waals surface area contributed by atoms with Crippen LogP contribution >= 0.6 is 11.6 Å². The molecule has 0 spiro atoms. The molecule has 20 heavy (non-hydrogen) atoms. The zero-order chi connectivity index (χ0) is 14.9. The first kappa shape index (κ1) is 14.1. The Kier molecular flexibility index (Phi) is 3.80. The number of halogens is 4. The van der Waals surface area contributed by atoms with Gasteiger partial charge in [-0.1, -0.05) is 17.7 Å². The molecule has 0 fully saturated rings.